The molecular weight excluding hydrogens is 322 g/mol. The molecule has 1 atom stereocenters. The summed E-state index contributed by atoms with van der Waals surface area (Å²) < 4.78 is 15.5. The summed E-state index contributed by atoms with van der Waals surface area (Å²) in [5, 5.41) is 2.69. The lowest BCUT2D eigenvalue weighted by Gasteiger charge is -2.14. The van der Waals surface area contributed by atoms with Crippen molar-refractivity contribution >= 4 is 17.6 Å². The third-order valence-corrected chi connectivity index (χ3v) is 3.56. The van der Waals surface area contributed by atoms with E-state index in [0.717, 1.165) is 0 Å². The van der Waals surface area contributed by atoms with E-state index in [1.807, 2.05) is 12.1 Å². The topological polar surface area (TPSA) is 73.9 Å². The first-order valence-electron chi connectivity index (χ1n) is 7.79. The van der Waals surface area contributed by atoms with Crippen LogP contribution in [0.15, 0.2) is 48.5 Å². The smallest absolute Gasteiger partial charge is 0.311 e. The second kappa shape index (κ2) is 8.73. The Hall–Kier alpha value is -3.02. The maximum absolute atomic E-state index is 12.1. The number of carbonyl (C=O) groups excluding carboxylic acids is 2. The molecule has 0 aliphatic rings. The van der Waals surface area contributed by atoms with Crippen LogP contribution in [0.2, 0.25) is 0 Å². The average molecular weight is 343 g/mol. The van der Waals surface area contributed by atoms with Crippen LogP contribution in [-0.2, 0) is 20.7 Å². The molecule has 1 amide bonds. The molecule has 2 rings (SSSR count). The number of anilines is 1. The van der Waals surface area contributed by atoms with E-state index in [9.17, 15) is 9.59 Å². The molecule has 1 N–H and O–H groups in total. The quantitative estimate of drug-likeness (QED) is 0.783. The van der Waals surface area contributed by atoms with Crippen LogP contribution < -0.4 is 14.8 Å². The highest BCUT2D eigenvalue weighted by Crippen LogP contribution is 2.19. The van der Waals surface area contributed by atoms with E-state index < -0.39 is 18.0 Å². The van der Waals surface area contributed by atoms with Crippen molar-refractivity contribution in [2.24, 2.45) is 0 Å². The molecule has 0 saturated heterocycles. The van der Waals surface area contributed by atoms with Gasteiger partial charge in [-0.15, -0.1) is 0 Å². The van der Waals surface area contributed by atoms with Crippen LogP contribution in [0.1, 0.15) is 12.5 Å². The van der Waals surface area contributed by atoms with Crippen LogP contribution in [-0.4, -0.2) is 32.2 Å². The van der Waals surface area contributed by atoms with Gasteiger partial charge in [-0.1, -0.05) is 18.2 Å². The molecule has 2 aromatic rings. The minimum Gasteiger partial charge on any atom is -0.497 e. The molecule has 0 aliphatic carbocycles. The summed E-state index contributed by atoms with van der Waals surface area (Å²) in [7, 11) is 3.10. The summed E-state index contributed by atoms with van der Waals surface area (Å²) in [5.41, 5.74) is 1.30. The molecule has 0 unspecified atom stereocenters. The standard InChI is InChI=1S/C19H21NO5/c1-13(19(22)20-15-8-10-16(23-2)11-9-15)25-18(21)12-14-6-4-5-7-17(14)24-3/h4-11,13H,12H2,1-3H3,(H,20,22)/t13-/m1/s1. The zero-order valence-corrected chi connectivity index (χ0v) is 14.4. The monoisotopic (exact) mass is 343 g/mol. The number of ether oxygens (including phenoxy) is 3. The van der Waals surface area contributed by atoms with Gasteiger partial charge in [0.1, 0.15) is 11.5 Å². The van der Waals surface area contributed by atoms with Crippen LogP contribution >= 0.6 is 0 Å². The molecular formula is C19H21NO5. The molecule has 6 nitrogen and oxygen atoms in total. The minimum absolute atomic E-state index is 0.0319. The summed E-state index contributed by atoms with van der Waals surface area (Å²) in [5.74, 6) is 0.393. The van der Waals surface area contributed by atoms with Crippen molar-refractivity contribution in [3.05, 3.63) is 54.1 Å². The van der Waals surface area contributed by atoms with Gasteiger partial charge in [0.15, 0.2) is 6.10 Å². The molecule has 2 aromatic carbocycles. The van der Waals surface area contributed by atoms with Crippen LogP contribution in [0.5, 0.6) is 11.5 Å². The van der Waals surface area contributed by atoms with Gasteiger partial charge in [0.05, 0.1) is 20.6 Å². The SMILES string of the molecule is COc1ccc(NC(=O)[C@@H](C)OC(=O)Cc2ccccc2OC)cc1. The van der Waals surface area contributed by atoms with E-state index in [1.165, 1.54) is 14.0 Å². The van der Waals surface area contributed by atoms with Gasteiger partial charge in [0.25, 0.3) is 5.91 Å². The Labute approximate surface area is 146 Å². The Morgan fingerprint density at radius 3 is 2.32 bits per heavy atom. The van der Waals surface area contributed by atoms with Gasteiger partial charge >= 0.3 is 5.97 Å². The lowest BCUT2D eigenvalue weighted by molar-refractivity contribution is -0.152. The fourth-order valence-electron chi connectivity index (χ4n) is 2.22. The minimum atomic E-state index is -0.913. The highest BCUT2D eigenvalue weighted by atomic mass is 16.5. The molecule has 0 aliphatic heterocycles. The van der Waals surface area contributed by atoms with Gasteiger partial charge in [-0.2, -0.15) is 0 Å². The molecule has 0 saturated carbocycles. The van der Waals surface area contributed by atoms with E-state index in [-0.39, 0.29) is 6.42 Å². The van der Waals surface area contributed by atoms with Gasteiger partial charge in [-0.25, -0.2) is 0 Å². The molecule has 0 heterocycles. The molecule has 0 bridgehead atoms. The number of hydrogen-bond acceptors (Lipinski definition) is 5. The Balaban J connectivity index is 1.90. The summed E-state index contributed by atoms with van der Waals surface area (Å²) >= 11 is 0. The number of para-hydroxylation sites is 1. The first-order valence-corrected chi connectivity index (χ1v) is 7.79. The van der Waals surface area contributed by atoms with Crippen molar-refractivity contribution in [3.8, 4) is 11.5 Å². The lowest BCUT2D eigenvalue weighted by Crippen LogP contribution is -2.30. The highest BCUT2D eigenvalue weighted by molar-refractivity contribution is 5.95. The number of carbonyl (C=O) groups is 2. The first-order chi connectivity index (χ1) is 12.0. The zero-order chi connectivity index (χ0) is 18.2. The van der Waals surface area contributed by atoms with Crippen LogP contribution in [0.25, 0.3) is 0 Å². The predicted octanol–water partition coefficient (Wildman–Crippen LogP) is 2.82. The van der Waals surface area contributed by atoms with E-state index in [0.29, 0.717) is 22.7 Å². The number of hydrogen-bond donors (Lipinski definition) is 1. The fraction of sp³-hybridized carbons (Fsp3) is 0.263. The summed E-state index contributed by atoms with van der Waals surface area (Å²) in [6.07, 6.45) is -0.881. The molecule has 6 heteroatoms. The molecule has 0 spiro atoms. The molecule has 0 aromatic heterocycles. The number of amides is 1. The Kier molecular flexibility index (Phi) is 6.39. The van der Waals surface area contributed by atoms with Gasteiger partial charge < -0.3 is 19.5 Å². The van der Waals surface area contributed by atoms with E-state index in [4.69, 9.17) is 14.2 Å². The van der Waals surface area contributed by atoms with E-state index in [2.05, 4.69) is 5.32 Å². The normalized spacial score (nSPS) is 11.3. The molecule has 25 heavy (non-hydrogen) atoms. The number of nitrogens with one attached hydrogen (secondary N) is 1. The molecule has 0 fully saturated rings. The largest absolute Gasteiger partial charge is 0.497 e. The summed E-state index contributed by atoms with van der Waals surface area (Å²) in [4.78, 5) is 24.2. The third-order valence-electron chi connectivity index (χ3n) is 3.56. The maximum Gasteiger partial charge on any atom is 0.311 e. The number of benzene rings is 2. The third kappa shape index (κ3) is 5.24. The molecule has 132 valence electrons. The highest BCUT2D eigenvalue weighted by Gasteiger charge is 2.19. The van der Waals surface area contributed by atoms with Gasteiger partial charge in [0, 0.05) is 11.3 Å². The van der Waals surface area contributed by atoms with E-state index in [1.54, 1.807) is 43.5 Å². The van der Waals surface area contributed by atoms with Crippen molar-refractivity contribution in [3.63, 3.8) is 0 Å². The number of methoxy groups -OCH3 is 2. The lowest BCUT2D eigenvalue weighted by atomic mass is 10.1. The van der Waals surface area contributed by atoms with Crippen LogP contribution in [0, 0.1) is 0 Å². The van der Waals surface area contributed by atoms with E-state index >= 15 is 0 Å². The van der Waals surface area contributed by atoms with Crippen molar-refractivity contribution in [1.29, 1.82) is 0 Å². The maximum atomic E-state index is 12.1. The Morgan fingerprint density at radius 2 is 1.68 bits per heavy atom. The van der Waals surface area contributed by atoms with Crippen LogP contribution in [0.3, 0.4) is 0 Å². The van der Waals surface area contributed by atoms with Crippen molar-refractivity contribution in [2.75, 3.05) is 19.5 Å². The number of rotatable bonds is 7. The Morgan fingerprint density at radius 1 is 1.00 bits per heavy atom. The number of esters is 1. The van der Waals surface area contributed by atoms with Crippen molar-refractivity contribution in [2.45, 2.75) is 19.4 Å². The van der Waals surface area contributed by atoms with Gasteiger partial charge in [-0.05, 0) is 37.3 Å². The zero-order valence-electron chi connectivity index (χ0n) is 14.4. The summed E-state index contributed by atoms with van der Waals surface area (Å²) in [6, 6.07) is 14.1. The van der Waals surface area contributed by atoms with Crippen molar-refractivity contribution < 1.29 is 23.8 Å². The van der Waals surface area contributed by atoms with Gasteiger partial charge in [-0.3, -0.25) is 9.59 Å². The summed E-state index contributed by atoms with van der Waals surface area (Å²) in [6.45, 7) is 1.53. The Bertz CT molecular complexity index is 727. The van der Waals surface area contributed by atoms with Gasteiger partial charge in [0.2, 0.25) is 0 Å². The second-order valence-electron chi connectivity index (χ2n) is 5.34. The van der Waals surface area contributed by atoms with Crippen LogP contribution in [0.4, 0.5) is 5.69 Å². The fourth-order valence-corrected chi connectivity index (χ4v) is 2.22. The average Bonchev–Trinajstić information content (AvgIpc) is 2.62. The molecule has 0 radical (unpaired) electrons. The first kappa shape index (κ1) is 18.3. The van der Waals surface area contributed by atoms with Crippen molar-refractivity contribution in [1.82, 2.24) is 0 Å². The predicted molar refractivity (Wildman–Crippen MR) is 93.9 cm³/mol. The second-order valence-corrected chi connectivity index (χ2v) is 5.34.